The molecule has 2 aromatic carbocycles. The maximum Gasteiger partial charge on any atom is 0.243 e. The summed E-state index contributed by atoms with van der Waals surface area (Å²) >= 11 is 0. The molecule has 4 rings (SSSR count). The zero-order chi connectivity index (χ0) is 22.5. The number of carbonyl (C=O) groups is 2. The monoisotopic (exact) mass is 434 g/mol. The van der Waals surface area contributed by atoms with Crippen molar-refractivity contribution in [2.75, 3.05) is 49.6 Å². The summed E-state index contributed by atoms with van der Waals surface area (Å²) < 4.78 is 5.39. The maximum absolute atomic E-state index is 13.0. The molecule has 0 saturated carbocycles. The van der Waals surface area contributed by atoms with E-state index in [-0.39, 0.29) is 24.8 Å². The van der Waals surface area contributed by atoms with E-state index in [0.717, 1.165) is 59.8 Å². The van der Waals surface area contributed by atoms with E-state index in [1.807, 2.05) is 62.4 Å². The van der Waals surface area contributed by atoms with Crippen molar-refractivity contribution in [2.45, 2.75) is 20.3 Å². The van der Waals surface area contributed by atoms with E-state index < -0.39 is 0 Å². The first-order valence-electron chi connectivity index (χ1n) is 11.1. The van der Waals surface area contributed by atoms with Gasteiger partial charge in [0.25, 0.3) is 0 Å². The number of aromatic amines is 1. The highest BCUT2D eigenvalue weighted by atomic mass is 16.5. The number of morpholine rings is 1. The number of ether oxygens (including phenoxy) is 1. The Morgan fingerprint density at radius 3 is 2.53 bits per heavy atom. The summed E-state index contributed by atoms with van der Waals surface area (Å²) in [5.74, 6) is -0.256. The smallest absolute Gasteiger partial charge is 0.243 e. The van der Waals surface area contributed by atoms with Crippen molar-refractivity contribution in [3.63, 3.8) is 0 Å². The molecule has 168 valence electrons. The minimum Gasteiger partial charge on any atom is -0.378 e. The summed E-state index contributed by atoms with van der Waals surface area (Å²) in [7, 11) is 0. The summed E-state index contributed by atoms with van der Waals surface area (Å²) in [4.78, 5) is 32.8. The summed E-state index contributed by atoms with van der Waals surface area (Å²) in [5.41, 5.74) is 4.84. The molecule has 0 radical (unpaired) electrons. The molecule has 2 amide bonds. The fourth-order valence-corrected chi connectivity index (χ4v) is 4.15. The van der Waals surface area contributed by atoms with Gasteiger partial charge in [0.05, 0.1) is 26.2 Å². The fourth-order valence-electron chi connectivity index (χ4n) is 4.15. The number of rotatable bonds is 7. The van der Waals surface area contributed by atoms with Crippen molar-refractivity contribution < 1.29 is 14.3 Å². The van der Waals surface area contributed by atoms with Gasteiger partial charge in [-0.15, -0.1) is 0 Å². The molecule has 1 fully saturated rings. The Morgan fingerprint density at radius 1 is 1.09 bits per heavy atom. The van der Waals surface area contributed by atoms with Gasteiger partial charge in [-0.2, -0.15) is 0 Å². The number of amides is 2. The largest absolute Gasteiger partial charge is 0.378 e. The number of fused-ring (bicyclic) bond motifs is 1. The lowest BCUT2D eigenvalue weighted by Gasteiger charge is -2.29. The molecule has 7 heteroatoms. The molecule has 1 aliphatic heterocycles. The van der Waals surface area contributed by atoms with Crippen LogP contribution in [0, 0.1) is 6.92 Å². The molecular formula is C25H30N4O3. The highest BCUT2D eigenvalue weighted by Gasteiger charge is 2.19. The summed E-state index contributed by atoms with van der Waals surface area (Å²) in [6.07, 6.45) is 0.269. The number of H-pyrrole nitrogens is 1. The van der Waals surface area contributed by atoms with Crippen molar-refractivity contribution >= 4 is 34.1 Å². The maximum atomic E-state index is 13.0. The topological polar surface area (TPSA) is 77.7 Å². The summed E-state index contributed by atoms with van der Waals surface area (Å²) in [6.45, 7) is 7.58. The Labute approximate surface area is 188 Å². The van der Waals surface area contributed by atoms with Gasteiger partial charge in [0.1, 0.15) is 0 Å². The molecule has 0 aliphatic carbocycles. The molecule has 2 N–H and O–H groups in total. The third-order valence-electron chi connectivity index (χ3n) is 5.95. The molecule has 0 spiro atoms. The van der Waals surface area contributed by atoms with Gasteiger partial charge in [-0.1, -0.05) is 18.2 Å². The van der Waals surface area contributed by atoms with Crippen molar-refractivity contribution in [1.82, 2.24) is 9.88 Å². The van der Waals surface area contributed by atoms with Gasteiger partial charge in [0.15, 0.2) is 0 Å². The predicted molar refractivity (Wildman–Crippen MR) is 127 cm³/mol. The van der Waals surface area contributed by atoms with Crippen LogP contribution in [0.2, 0.25) is 0 Å². The molecule has 0 unspecified atom stereocenters. The van der Waals surface area contributed by atoms with Crippen molar-refractivity contribution in [3.8, 4) is 0 Å². The standard InChI is InChI=1S/C25H30N4O3/c1-3-28(25(31)16-22-18(2)26-23-7-5-4-6-21(22)23)17-24(30)27-19-8-10-20(11-9-19)29-12-14-32-15-13-29/h4-11,26H,3,12-17H2,1-2H3,(H,27,30). The Hall–Kier alpha value is -3.32. The normalized spacial score (nSPS) is 13.9. The zero-order valence-corrected chi connectivity index (χ0v) is 18.7. The molecule has 1 aromatic heterocycles. The number of likely N-dealkylation sites (N-methyl/N-ethyl adjacent to an activating group) is 1. The Balaban J connectivity index is 1.36. The summed E-state index contributed by atoms with van der Waals surface area (Å²) in [5, 5.41) is 3.96. The van der Waals surface area contributed by atoms with Gasteiger partial charge >= 0.3 is 0 Å². The van der Waals surface area contributed by atoms with Crippen LogP contribution in [0.1, 0.15) is 18.2 Å². The number of nitrogens with zero attached hydrogens (tertiary/aromatic N) is 2. The van der Waals surface area contributed by atoms with E-state index in [2.05, 4.69) is 15.2 Å². The van der Waals surface area contributed by atoms with Crippen LogP contribution in [0.5, 0.6) is 0 Å². The third-order valence-corrected chi connectivity index (χ3v) is 5.95. The molecular weight excluding hydrogens is 404 g/mol. The highest BCUT2D eigenvalue weighted by molar-refractivity contribution is 5.96. The quantitative estimate of drug-likeness (QED) is 0.598. The Morgan fingerprint density at radius 2 is 1.81 bits per heavy atom. The number of para-hydroxylation sites is 1. The highest BCUT2D eigenvalue weighted by Crippen LogP contribution is 2.23. The minimum atomic E-state index is -0.199. The molecule has 1 saturated heterocycles. The van der Waals surface area contributed by atoms with Gasteiger partial charge < -0.3 is 24.8 Å². The van der Waals surface area contributed by atoms with Gasteiger partial charge in [0.2, 0.25) is 11.8 Å². The molecule has 2 heterocycles. The average molecular weight is 435 g/mol. The van der Waals surface area contributed by atoms with Crippen LogP contribution in [0.15, 0.2) is 48.5 Å². The number of aryl methyl sites for hydroxylation is 1. The number of hydrogen-bond donors (Lipinski definition) is 2. The van der Waals surface area contributed by atoms with Crippen LogP contribution in [-0.2, 0) is 20.7 Å². The average Bonchev–Trinajstić information content (AvgIpc) is 3.13. The second-order valence-corrected chi connectivity index (χ2v) is 8.05. The first-order chi connectivity index (χ1) is 15.5. The molecule has 32 heavy (non-hydrogen) atoms. The lowest BCUT2D eigenvalue weighted by Crippen LogP contribution is -2.38. The van der Waals surface area contributed by atoms with Crippen LogP contribution in [0.4, 0.5) is 11.4 Å². The number of nitrogens with one attached hydrogen (secondary N) is 2. The molecule has 0 bridgehead atoms. The Kier molecular flexibility index (Phi) is 6.75. The van der Waals surface area contributed by atoms with E-state index in [9.17, 15) is 9.59 Å². The number of anilines is 2. The van der Waals surface area contributed by atoms with Crippen molar-refractivity contribution in [1.29, 1.82) is 0 Å². The van der Waals surface area contributed by atoms with Crippen molar-refractivity contribution in [3.05, 3.63) is 59.8 Å². The van der Waals surface area contributed by atoms with Crippen LogP contribution in [0.25, 0.3) is 10.9 Å². The second-order valence-electron chi connectivity index (χ2n) is 8.05. The molecule has 3 aromatic rings. The number of benzene rings is 2. The van der Waals surface area contributed by atoms with E-state index in [1.165, 1.54) is 0 Å². The van der Waals surface area contributed by atoms with Crippen LogP contribution >= 0.6 is 0 Å². The molecule has 0 atom stereocenters. The first kappa shape index (κ1) is 21.9. The van der Waals surface area contributed by atoms with Crippen LogP contribution in [0.3, 0.4) is 0 Å². The number of carbonyl (C=O) groups excluding carboxylic acids is 2. The minimum absolute atomic E-state index is 0.0297. The van der Waals surface area contributed by atoms with E-state index in [4.69, 9.17) is 4.74 Å². The van der Waals surface area contributed by atoms with Crippen molar-refractivity contribution in [2.24, 2.45) is 0 Å². The lowest BCUT2D eigenvalue weighted by atomic mass is 10.1. The van der Waals surface area contributed by atoms with Gasteiger partial charge in [-0.3, -0.25) is 9.59 Å². The van der Waals surface area contributed by atoms with Gasteiger partial charge in [-0.05, 0) is 49.7 Å². The van der Waals surface area contributed by atoms with Crippen LogP contribution in [-0.4, -0.2) is 61.1 Å². The molecule has 1 aliphatic rings. The SMILES string of the molecule is CCN(CC(=O)Nc1ccc(N2CCOCC2)cc1)C(=O)Cc1c(C)[nH]c2ccccc12. The lowest BCUT2D eigenvalue weighted by molar-refractivity contribution is -0.133. The molecule has 7 nitrogen and oxygen atoms in total. The fraction of sp³-hybridized carbons (Fsp3) is 0.360. The van der Waals surface area contributed by atoms with Gasteiger partial charge in [-0.25, -0.2) is 0 Å². The first-order valence-corrected chi connectivity index (χ1v) is 11.1. The third kappa shape index (κ3) is 4.94. The van der Waals surface area contributed by atoms with E-state index in [1.54, 1.807) is 4.90 Å². The van der Waals surface area contributed by atoms with E-state index >= 15 is 0 Å². The van der Waals surface area contributed by atoms with Gasteiger partial charge in [0, 0.05) is 47.6 Å². The zero-order valence-electron chi connectivity index (χ0n) is 18.7. The van der Waals surface area contributed by atoms with E-state index in [0.29, 0.717) is 6.54 Å². The summed E-state index contributed by atoms with van der Waals surface area (Å²) in [6, 6.07) is 15.8. The number of aromatic nitrogens is 1. The Bertz CT molecular complexity index is 1080. The predicted octanol–water partition coefficient (Wildman–Crippen LogP) is 3.34. The number of hydrogen-bond acceptors (Lipinski definition) is 4. The van der Waals surface area contributed by atoms with Crippen LogP contribution < -0.4 is 10.2 Å². The second kappa shape index (κ2) is 9.87.